The first-order valence-electron chi connectivity index (χ1n) is 12.8. The molecule has 2 aromatic rings. The zero-order chi connectivity index (χ0) is 25.2. The largest absolute Gasteiger partial charge is 0.461 e. The van der Waals surface area contributed by atoms with Gasteiger partial charge in [0, 0.05) is 19.3 Å². The Balaban J connectivity index is 1.28. The van der Waals surface area contributed by atoms with Gasteiger partial charge in [0.15, 0.2) is 11.0 Å². The van der Waals surface area contributed by atoms with Crippen molar-refractivity contribution in [3.63, 3.8) is 0 Å². The van der Waals surface area contributed by atoms with Crippen LogP contribution < -0.4 is 9.64 Å². The molecule has 9 nitrogen and oxygen atoms in total. The van der Waals surface area contributed by atoms with E-state index in [1.165, 1.54) is 6.20 Å². The Bertz CT molecular complexity index is 1200. The molecule has 1 amide bonds. The number of halogens is 2. The fourth-order valence-corrected chi connectivity index (χ4v) is 6.55. The molecule has 2 bridgehead atoms. The molecule has 4 fully saturated rings. The summed E-state index contributed by atoms with van der Waals surface area (Å²) in [6.45, 7) is 9.34. The summed E-state index contributed by atoms with van der Waals surface area (Å²) >= 11 is 6.01. The molecule has 6 rings (SSSR count). The number of pyridine rings is 1. The second-order valence-electron chi connectivity index (χ2n) is 11.5. The summed E-state index contributed by atoms with van der Waals surface area (Å²) in [5, 5.41) is 0.260. The van der Waals surface area contributed by atoms with Crippen LogP contribution >= 0.6 is 11.6 Å². The van der Waals surface area contributed by atoms with E-state index in [0.29, 0.717) is 30.9 Å². The van der Waals surface area contributed by atoms with Gasteiger partial charge in [-0.3, -0.25) is 4.90 Å². The Kier molecular flexibility index (Phi) is 5.68. The van der Waals surface area contributed by atoms with Gasteiger partial charge in [0.1, 0.15) is 23.5 Å². The molecule has 0 saturated carbocycles. The van der Waals surface area contributed by atoms with E-state index in [4.69, 9.17) is 26.1 Å². The second kappa shape index (κ2) is 8.55. The van der Waals surface area contributed by atoms with Crippen molar-refractivity contribution in [1.82, 2.24) is 24.8 Å². The number of piperazine rings is 1. The molecule has 6 heterocycles. The maximum atomic E-state index is 15.1. The average molecular weight is 519 g/mol. The van der Waals surface area contributed by atoms with Gasteiger partial charge in [-0.25, -0.2) is 14.2 Å². The maximum absolute atomic E-state index is 15.1. The van der Waals surface area contributed by atoms with Crippen LogP contribution in [0.15, 0.2) is 6.20 Å². The highest BCUT2D eigenvalue weighted by atomic mass is 35.5. The van der Waals surface area contributed by atoms with Crippen molar-refractivity contribution in [2.75, 3.05) is 37.7 Å². The number of aromatic nitrogens is 3. The number of ether oxygens (including phenoxy) is 2. The summed E-state index contributed by atoms with van der Waals surface area (Å²) in [4.78, 5) is 32.3. The van der Waals surface area contributed by atoms with Gasteiger partial charge < -0.3 is 19.3 Å². The van der Waals surface area contributed by atoms with Crippen molar-refractivity contribution in [3.8, 4) is 6.01 Å². The summed E-state index contributed by atoms with van der Waals surface area (Å²) in [7, 11) is 0. The van der Waals surface area contributed by atoms with Gasteiger partial charge >= 0.3 is 12.1 Å². The molecule has 0 aliphatic carbocycles. The second-order valence-corrected chi connectivity index (χ2v) is 11.8. The molecule has 4 aliphatic rings. The van der Waals surface area contributed by atoms with Gasteiger partial charge in [0.05, 0.1) is 23.0 Å². The van der Waals surface area contributed by atoms with Crippen molar-refractivity contribution in [2.45, 2.75) is 76.1 Å². The van der Waals surface area contributed by atoms with E-state index < -0.39 is 11.4 Å². The number of nitrogens with zero attached hydrogens (tertiary/aromatic N) is 6. The SMILES string of the molecule is CC(C)(C)OC(=O)N1C[C@@H]2C[C@H]1CN2c1nc(OCC23CCCN2CCC3)nc2c(F)c(Cl)ncc12. The van der Waals surface area contributed by atoms with E-state index in [1.54, 1.807) is 4.90 Å². The molecular formula is C25H32ClFN6O3. The first kappa shape index (κ1) is 23.9. The van der Waals surface area contributed by atoms with Crippen LogP contribution in [0.1, 0.15) is 52.9 Å². The van der Waals surface area contributed by atoms with Crippen molar-refractivity contribution < 1.29 is 18.7 Å². The van der Waals surface area contributed by atoms with Crippen molar-refractivity contribution in [1.29, 1.82) is 0 Å². The molecule has 0 spiro atoms. The number of hydrogen-bond donors (Lipinski definition) is 0. The lowest BCUT2D eigenvalue weighted by molar-refractivity contribution is 0.0214. The predicted molar refractivity (Wildman–Crippen MR) is 133 cm³/mol. The molecule has 0 radical (unpaired) electrons. The molecule has 4 saturated heterocycles. The molecule has 194 valence electrons. The average Bonchev–Trinajstić information content (AvgIpc) is 3.59. The topological polar surface area (TPSA) is 83.9 Å². The Labute approximate surface area is 214 Å². The highest BCUT2D eigenvalue weighted by Gasteiger charge is 2.48. The van der Waals surface area contributed by atoms with Gasteiger partial charge in [-0.1, -0.05) is 11.6 Å². The van der Waals surface area contributed by atoms with Gasteiger partial charge in [-0.05, 0) is 66.0 Å². The number of amides is 1. The first-order valence-corrected chi connectivity index (χ1v) is 13.2. The minimum absolute atomic E-state index is 0.00577. The third kappa shape index (κ3) is 4.02. The molecular weight excluding hydrogens is 487 g/mol. The predicted octanol–water partition coefficient (Wildman–Crippen LogP) is 4.02. The lowest BCUT2D eigenvalue weighted by atomic mass is 9.95. The van der Waals surface area contributed by atoms with Crippen molar-refractivity contribution in [3.05, 3.63) is 17.2 Å². The molecule has 2 aromatic heterocycles. The monoisotopic (exact) mass is 518 g/mol. The molecule has 0 N–H and O–H groups in total. The fourth-order valence-electron chi connectivity index (χ4n) is 6.41. The van der Waals surface area contributed by atoms with Crippen molar-refractivity contribution in [2.24, 2.45) is 0 Å². The van der Waals surface area contributed by atoms with Gasteiger partial charge in [0.2, 0.25) is 0 Å². The molecule has 11 heteroatoms. The number of rotatable bonds is 4. The van der Waals surface area contributed by atoms with E-state index in [1.807, 2.05) is 20.8 Å². The van der Waals surface area contributed by atoms with Crippen LogP contribution in [0.3, 0.4) is 0 Å². The Morgan fingerprint density at radius 1 is 1.19 bits per heavy atom. The van der Waals surface area contributed by atoms with E-state index >= 15 is 4.39 Å². The van der Waals surface area contributed by atoms with Crippen molar-refractivity contribution >= 4 is 34.4 Å². The van der Waals surface area contributed by atoms with Gasteiger partial charge in [0.25, 0.3) is 0 Å². The molecule has 0 unspecified atom stereocenters. The maximum Gasteiger partial charge on any atom is 0.410 e. The zero-order valence-corrected chi connectivity index (χ0v) is 21.7. The standard InChI is InChI=1S/C25H32ClFN6O3/c1-24(2,3)36-23(34)33-13-15-10-16(33)12-32(15)21-17-11-28-20(26)18(27)19(17)29-22(30-21)35-14-25-6-4-8-31(25)9-5-7-25/h11,15-16H,4-10,12-14H2,1-3H3/t15-,16-/m0/s1. The number of hydrogen-bond acceptors (Lipinski definition) is 8. The normalized spacial score (nSPS) is 25.1. The molecule has 2 atom stereocenters. The number of carbonyl (C=O) groups is 1. The lowest BCUT2D eigenvalue weighted by Crippen LogP contribution is -2.50. The van der Waals surface area contributed by atoms with Crippen LogP contribution in [-0.4, -0.2) is 86.9 Å². The van der Waals surface area contributed by atoms with Crippen LogP contribution in [0.5, 0.6) is 6.01 Å². The molecule has 4 aliphatic heterocycles. The smallest absolute Gasteiger partial charge is 0.410 e. The van der Waals surface area contributed by atoms with E-state index in [-0.39, 0.29) is 40.4 Å². The summed E-state index contributed by atoms with van der Waals surface area (Å²) in [6.07, 6.45) is 6.51. The molecule has 0 aromatic carbocycles. The lowest BCUT2D eigenvalue weighted by Gasteiger charge is -2.36. The number of likely N-dealkylation sites (tertiary alicyclic amines) is 1. The number of carbonyl (C=O) groups excluding carboxylic acids is 1. The van der Waals surface area contributed by atoms with E-state index in [0.717, 1.165) is 45.2 Å². The summed E-state index contributed by atoms with van der Waals surface area (Å²) in [5.41, 5.74) is -0.425. The minimum atomic E-state index is -0.677. The highest BCUT2D eigenvalue weighted by molar-refractivity contribution is 6.30. The fraction of sp³-hybridized carbons (Fsp3) is 0.680. The zero-order valence-electron chi connectivity index (χ0n) is 21.0. The first-order chi connectivity index (χ1) is 17.1. The highest BCUT2D eigenvalue weighted by Crippen LogP contribution is 2.41. The van der Waals surface area contributed by atoms with Crippen LogP contribution in [0.4, 0.5) is 15.0 Å². The Hall–Kier alpha value is -2.46. The summed E-state index contributed by atoms with van der Waals surface area (Å²) in [5.74, 6) is -0.106. The Morgan fingerprint density at radius 3 is 2.61 bits per heavy atom. The summed E-state index contributed by atoms with van der Waals surface area (Å²) < 4.78 is 26.9. The number of fused-ring (bicyclic) bond motifs is 4. The van der Waals surface area contributed by atoms with Crippen LogP contribution in [0.2, 0.25) is 5.15 Å². The van der Waals surface area contributed by atoms with Crippen LogP contribution in [-0.2, 0) is 4.74 Å². The van der Waals surface area contributed by atoms with Gasteiger partial charge in [-0.2, -0.15) is 9.97 Å². The quantitative estimate of drug-likeness (QED) is 0.561. The third-order valence-electron chi connectivity index (χ3n) is 8.02. The van der Waals surface area contributed by atoms with Crippen LogP contribution in [0, 0.1) is 5.82 Å². The van der Waals surface area contributed by atoms with Crippen LogP contribution in [0.25, 0.3) is 10.9 Å². The van der Waals surface area contributed by atoms with E-state index in [9.17, 15) is 4.79 Å². The summed E-state index contributed by atoms with van der Waals surface area (Å²) in [6, 6.07) is 0.179. The minimum Gasteiger partial charge on any atom is -0.461 e. The Morgan fingerprint density at radius 2 is 1.94 bits per heavy atom. The van der Waals surface area contributed by atoms with E-state index in [2.05, 4.69) is 19.8 Å². The third-order valence-corrected chi connectivity index (χ3v) is 8.29. The molecule has 36 heavy (non-hydrogen) atoms. The number of anilines is 1. The van der Waals surface area contributed by atoms with Gasteiger partial charge in [-0.15, -0.1) is 0 Å².